The Morgan fingerprint density at radius 2 is 2.11 bits per heavy atom. The van der Waals surface area contributed by atoms with Crippen molar-refractivity contribution in [2.75, 3.05) is 13.2 Å². The van der Waals surface area contributed by atoms with E-state index in [1.165, 1.54) is 41.4 Å². The van der Waals surface area contributed by atoms with Crippen LogP contribution in [0.5, 0.6) is 5.75 Å². The number of hydrogen-bond acceptors (Lipinski definition) is 1. The molecule has 1 saturated carbocycles. The molecule has 0 spiro atoms. The van der Waals surface area contributed by atoms with Crippen LogP contribution in [0.25, 0.3) is 0 Å². The van der Waals surface area contributed by atoms with Gasteiger partial charge in [0.05, 0.1) is 22.8 Å². The number of quaternary nitrogens is 1. The molecule has 0 aliphatic heterocycles. The van der Waals surface area contributed by atoms with Gasteiger partial charge in [-0.2, -0.15) is 0 Å². The first-order chi connectivity index (χ1) is 8.75. The van der Waals surface area contributed by atoms with Crippen molar-refractivity contribution < 1.29 is 10.1 Å². The standard InChI is InChI=1S/C15H22INO/c1-12-7-8-15(14(16)11-12)18-10-4-9-17-13-5-2-3-6-13/h7-8,11,13,17H,2-6,9-10H2,1H3/p+1. The Labute approximate surface area is 124 Å². The van der Waals surface area contributed by atoms with Gasteiger partial charge >= 0.3 is 0 Å². The van der Waals surface area contributed by atoms with Gasteiger partial charge < -0.3 is 10.1 Å². The van der Waals surface area contributed by atoms with Gasteiger partial charge in [0.1, 0.15) is 5.75 Å². The molecule has 0 radical (unpaired) electrons. The summed E-state index contributed by atoms with van der Waals surface area (Å²) < 4.78 is 7.04. The van der Waals surface area contributed by atoms with Gasteiger partial charge in [0.25, 0.3) is 0 Å². The lowest BCUT2D eigenvalue weighted by Gasteiger charge is -2.10. The highest BCUT2D eigenvalue weighted by atomic mass is 127. The van der Waals surface area contributed by atoms with Crippen LogP contribution >= 0.6 is 22.6 Å². The first-order valence-corrected chi connectivity index (χ1v) is 8.06. The van der Waals surface area contributed by atoms with Gasteiger partial charge in [0.2, 0.25) is 0 Å². The SMILES string of the molecule is Cc1ccc(OCCC[NH2+]C2CCCC2)c(I)c1. The summed E-state index contributed by atoms with van der Waals surface area (Å²) in [5, 5.41) is 2.51. The average Bonchev–Trinajstić information content (AvgIpc) is 2.84. The molecule has 18 heavy (non-hydrogen) atoms. The second-order valence-electron chi connectivity index (χ2n) is 5.20. The second kappa shape index (κ2) is 7.34. The van der Waals surface area contributed by atoms with Crippen LogP contribution in [-0.2, 0) is 0 Å². The van der Waals surface area contributed by atoms with Gasteiger partial charge in [-0.3, -0.25) is 0 Å². The summed E-state index contributed by atoms with van der Waals surface area (Å²) >= 11 is 2.35. The molecule has 100 valence electrons. The molecular formula is C15H23INO+. The first kappa shape index (κ1) is 14.1. The number of nitrogens with two attached hydrogens (primary N) is 1. The largest absolute Gasteiger partial charge is 0.492 e. The maximum atomic E-state index is 5.83. The van der Waals surface area contributed by atoms with Crippen LogP contribution in [0.2, 0.25) is 0 Å². The van der Waals surface area contributed by atoms with Crippen molar-refractivity contribution >= 4 is 22.6 Å². The minimum Gasteiger partial charge on any atom is -0.492 e. The fraction of sp³-hybridized carbons (Fsp3) is 0.600. The third kappa shape index (κ3) is 4.43. The molecule has 0 heterocycles. The molecule has 0 amide bonds. The van der Waals surface area contributed by atoms with Gasteiger partial charge in [-0.05, 0) is 72.9 Å². The van der Waals surface area contributed by atoms with E-state index in [2.05, 4.69) is 53.0 Å². The Bertz CT molecular complexity index is 375. The molecule has 3 heteroatoms. The van der Waals surface area contributed by atoms with E-state index in [0.717, 1.165) is 24.8 Å². The van der Waals surface area contributed by atoms with Crippen molar-refractivity contribution in [2.45, 2.75) is 45.1 Å². The van der Waals surface area contributed by atoms with Crippen LogP contribution in [0.3, 0.4) is 0 Å². The Hall–Kier alpha value is -0.290. The van der Waals surface area contributed by atoms with Crippen LogP contribution < -0.4 is 10.1 Å². The fourth-order valence-corrected chi connectivity index (χ4v) is 3.36. The molecule has 0 unspecified atom stereocenters. The van der Waals surface area contributed by atoms with Crippen molar-refractivity contribution in [3.05, 3.63) is 27.3 Å². The molecule has 0 bridgehead atoms. The number of aryl methyl sites for hydroxylation is 1. The smallest absolute Gasteiger partial charge is 0.132 e. The number of benzene rings is 1. The van der Waals surface area contributed by atoms with Crippen molar-refractivity contribution in [2.24, 2.45) is 0 Å². The Morgan fingerprint density at radius 3 is 2.83 bits per heavy atom. The van der Waals surface area contributed by atoms with E-state index in [-0.39, 0.29) is 0 Å². The maximum Gasteiger partial charge on any atom is 0.132 e. The Kier molecular flexibility index (Phi) is 5.76. The zero-order chi connectivity index (χ0) is 12.8. The third-order valence-electron chi connectivity index (χ3n) is 3.59. The molecule has 0 aromatic heterocycles. The van der Waals surface area contributed by atoms with Gasteiger partial charge in [0, 0.05) is 6.42 Å². The van der Waals surface area contributed by atoms with Gasteiger partial charge in [-0.15, -0.1) is 0 Å². The molecule has 2 N–H and O–H groups in total. The zero-order valence-electron chi connectivity index (χ0n) is 11.1. The second-order valence-corrected chi connectivity index (χ2v) is 6.37. The zero-order valence-corrected chi connectivity index (χ0v) is 13.3. The van der Waals surface area contributed by atoms with E-state index in [9.17, 15) is 0 Å². The van der Waals surface area contributed by atoms with Crippen molar-refractivity contribution in [3.63, 3.8) is 0 Å². The van der Waals surface area contributed by atoms with Crippen molar-refractivity contribution in [1.82, 2.24) is 0 Å². The molecule has 2 rings (SSSR count). The van der Waals surface area contributed by atoms with Gasteiger partial charge in [-0.25, -0.2) is 0 Å². The Balaban J connectivity index is 1.62. The molecule has 1 aliphatic rings. The summed E-state index contributed by atoms with van der Waals surface area (Å²) in [5.41, 5.74) is 1.29. The minimum atomic E-state index is 0.836. The summed E-state index contributed by atoms with van der Waals surface area (Å²) in [6.45, 7) is 4.15. The number of halogens is 1. The number of hydrogen-bond donors (Lipinski definition) is 1. The quantitative estimate of drug-likeness (QED) is 0.613. The van der Waals surface area contributed by atoms with Gasteiger partial charge in [0.15, 0.2) is 0 Å². The predicted molar refractivity (Wildman–Crippen MR) is 83.1 cm³/mol. The molecule has 0 saturated heterocycles. The highest BCUT2D eigenvalue weighted by Gasteiger charge is 2.16. The first-order valence-electron chi connectivity index (χ1n) is 6.98. The fourth-order valence-electron chi connectivity index (χ4n) is 2.54. The van der Waals surface area contributed by atoms with E-state index >= 15 is 0 Å². The molecule has 0 atom stereocenters. The van der Waals surface area contributed by atoms with Crippen LogP contribution in [0.1, 0.15) is 37.7 Å². The lowest BCUT2D eigenvalue weighted by atomic mass is 10.2. The molecule has 1 aromatic rings. The predicted octanol–water partition coefficient (Wildman–Crippen LogP) is 2.87. The summed E-state index contributed by atoms with van der Waals surface area (Å²) in [4.78, 5) is 0. The highest BCUT2D eigenvalue weighted by Crippen LogP contribution is 2.21. The van der Waals surface area contributed by atoms with E-state index < -0.39 is 0 Å². The maximum absolute atomic E-state index is 5.83. The summed E-state index contributed by atoms with van der Waals surface area (Å²) in [5.74, 6) is 1.03. The van der Waals surface area contributed by atoms with E-state index in [4.69, 9.17) is 4.74 Å². The van der Waals surface area contributed by atoms with Gasteiger partial charge in [-0.1, -0.05) is 6.07 Å². The van der Waals surface area contributed by atoms with Crippen molar-refractivity contribution in [3.8, 4) is 5.75 Å². The van der Waals surface area contributed by atoms with Crippen LogP contribution in [0, 0.1) is 10.5 Å². The average molecular weight is 360 g/mol. The molecule has 1 aliphatic carbocycles. The molecule has 1 aromatic carbocycles. The molecule has 1 fully saturated rings. The van der Waals surface area contributed by atoms with Crippen molar-refractivity contribution in [1.29, 1.82) is 0 Å². The summed E-state index contributed by atoms with van der Waals surface area (Å²) in [7, 11) is 0. The lowest BCUT2D eigenvalue weighted by Crippen LogP contribution is -2.89. The van der Waals surface area contributed by atoms with E-state index in [0.29, 0.717) is 0 Å². The minimum absolute atomic E-state index is 0.836. The summed E-state index contributed by atoms with van der Waals surface area (Å²) in [6.07, 6.45) is 6.83. The van der Waals surface area contributed by atoms with Crippen LogP contribution in [0.4, 0.5) is 0 Å². The number of rotatable bonds is 6. The van der Waals surface area contributed by atoms with Crippen LogP contribution in [0.15, 0.2) is 18.2 Å². The van der Waals surface area contributed by atoms with E-state index in [1.54, 1.807) is 0 Å². The third-order valence-corrected chi connectivity index (χ3v) is 4.44. The lowest BCUT2D eigenvalue weighted by molar-refractivity contribution is -0.688. The Morgan fingerprint density at radius 1 is 1.33 bits per heavy atom. The monoisotopic (exact) mass is 360 g/mol. The normalized spacial score (nSPS) is 16.1. The molecule has 2 nitrogen and oxygen atoms in total. The topological polar surface area (TPSA) is 25.8 Å². The van der Waals surface area contributed by atoms with Crippen LogP contribution in [-0.4, -0.2) is 19.2 Å². The molecular weight excluding hydrogens is 337 g/mol. The van der Waals surface area contributed by atoms with E-state index in [1.807, 2.05) is 0 Å². The number of ether oxygens (including phenoxy) is 1. The summed E-state index contributed by atoms with van der Waals surface area (Å²) in [6, 6.07) is 7.25. The highest BCUT2D eigenvalue weighted by molar-refractivity contribution is 14.1.